The Balaban J connectivity index is 3.05. The predicted molar refractivity (Wildman–Crippen MR) is 46.1 cm³/mol. The van der Waals surface area contributed by atoms with Gasteiger partial charge in [0.15, 0.2) is 6.29 Å². The first kappa shape index (κ1) is 8.71. The van der Waals surface area contributed by atoms with Crippen LogP contribution in [0.15, 0.2) is 22.7 Å². The molecule has 0 aliphatic heterocycles. The molecular formula is C8H9BrO2. The highest BCUT2D eigenvalue weighted by atomic mass is 79.9. The lowest BCUT2D eigenvalue weighted by Crippen LogP contribution is -1.94. The minimum absolute atomic E-state index is 0.519. The maximum absolute atomic E-state index is 8.78. The summed E-state index contributed by atoms with van der Waals surface area (Å²) in [6.45, 7) is 1.90. The molecule has 0 fully saturated rings. The SMILES string of the molecule is Cc1cc(C(O)O)ccc1Br. The number of rotatable bonds is 1. The van der Waals surface area contributed by atoms with Gasteiger partial charge in [-0.05, 0) is 24.6 Å². The molecule has 0 aliphatic rings. The van der Waals surface area contributed by atoms with Crippen LogP contribution in [0.5, 0.6) is 0 Å². The summed E-state index contributed by atoms with van der Waals surface area (Å²) in [5.41, 5.74) is 1.52. The van der Waals surface area contributed by atoms with Crippen molar-refractivity contribution in [3.05, 3.63) is 33.8 Å². The van der Waals surface area contributed by atoms with Gasteiger partial charge in [-0.1, -0.05) is 22.0 Å². The summed E-state index contributed by atoms with van der Waals surface area (Å²) in [5.74, 6) is 0. The van der Waals surface area contributed by atoms with E-state index in [0.29, 0.717) is 5.56 Å². The minimum atomic E-state index is -1.37. The van der Waals surface area contributed by atoms with Crippen LogP contribution in [0.25, 0.3) is 0 Å². The molecular weight excluding hydrogens is 208 g/mol. The van der Waals surface area contributed by atoms with Crippen molar-refractivity contribution >= 4 is 15.9 Å². The summed E-state index contributed by atoms with van der Waals surface area (Å²) < 4.78 is 0.974. The highest BCUT2D eigenvalue weighted by Crippen LogP contribution is 2.19. The van der Waals surface area contributed by atoms with Gasteiger partial charge in [0.25, 0.3) is 0 Å². The summed E-state index contributed by atoms with van der Waals surface area (Å²) in [6.07, 6.45) is -1.37. The molecule has 0 bridgehead atoms. The number of aryl methyl sites for hydroxylation is 1. The van der Waals surface area contributed by atoms with Crippen LogP contribution in [0.2, 0.25) is 0 Å². The van der Waals surface area contributed by atoms with Gasteiger partial charge >= 0.3 is 0 Å². The second-order valence-electron chi connectivity index (χ2n) is 2.38. The highest BCUT2D eigenvalue weighted by molar-refractivity contribution is 9.10. The number of aliphatic hydroxyl groups excluding tert-OH is 1. The molecule has 0 spiro atoms. The lowest BCUT2D eigenvalue weighted by atomic mass is 10.1. The number of hydrogen-bond acceptors (Lipinski definition) is 2. The Bertz CT molecular complexity index is 258. The zero-order valence-electron chi connectivity index (χ0n) is 6.08. The maximum Gasteiger partial charge on any atom is 0.178 e. The van der Waals surface area contributed by atoms with Gasteiger partial charge in [0.1, 0.15) is 0 Å². The summed E-state index contributed by atoms with van der Waals surface area (Å²) in [6, 6.07) is 5.20. The van der Waals surface area contributed by atoms with E-state index in [1.807, 2.05) is 6.92 Å². The largest absolute Gasteiger partial charge is 0.364 e. The van der Waals surface area contributed by atoms with E-state index in [4.69, 9.17) is 10.2 Å². The molecule has 1 rings (SSSR count). The number of benzene rings is 1. The molecule has 1 aromatic carbocycles. The van der Waals surface area contributed by atoms with Crippen LogP contribution in [0.4, 0.5) is 0 Å². The number of halogens is 1. The fourth-order valence-corrected chi connectivity index (χ4v) is 1.08. The van der Waals surface area contributed by atoms with Crippen LogP contribution in [-0.2, 0) is 0 Å². The van der Waals surface area contributed by atoms with Gasteiger partial charge in [-0.3, -0.25) is 0 Å². The molecule has 0 amide bonds. The second kappa shape index (κ2) is 3.34. The van der Waals surface area contributed by atoms with Gasteiger partial charge in [0.2, 0.25) is 0 Å². The summed E-state index contributed by atoms with van der Waals surface area (Å²) in [5, 5.41) is 17.6. The third-order valence-electron chi connectivity index (χ3n) is 1.48. The Kier molecular flexibility index (Phi) is 2.65. The van der Waals surface area contributed by atoms with Gasteiger partial charge in [-0.2, -0.15) is 0 Å². The molecule has 0 radical (unpaired) electrons. The van der Waals surface area contributed by atoms with Crippen LogP contribution in [0.1, 0.15) is 17.4 Å². The molecule has 3 heteroatoms. The van der Waals surface area contributed by atoms with Crippen molar-refractivity contribution in [3.63, 3.8) is 0 Å². The Morgan fingerprint density at radius 1 is 1.36 bits per heavy atom. The Hall–Kier alpha value is -0.380. The quantitative estimate of drug-likeness (QED) is 0.703. The Labute approximate surface area is 73.6 Å². The molecule has 0 aliphatic carbocycles. The first-order valence-corrected chi connectivity index (χ1v) is 4.03. The zero-order valence-corrected chi connectivity index (χ0v) is 7.67. The number of hydrogen-bond donors (Lipinski definition) is 2. The first-order valence-electron chi connectivity index (χ1n) is 3.23. The first-order chi connectivity index (χ1) is 5.11. The summed E-state index contributed by atoms with van der Waals surface area (Å²) in [7, 11) is 0. The van der Waals surface area contributed by atoms with E-state index in [0.717, 1.165) is 10.0 Å². The Morgan fingerprint density at radius 3 is 2.45 bits per heavy atom. The standard InChI is InChI=1S/C8H9BrO2/c1-5-4-6(8(10)11)2-3-7(5)9/h2-4,8,10-11H,1H3. The predicted octanol–water partition coefficient (Wildman–Crippen LogP) is 1.74. The van der Waals surface area contributed by atoms with Crippen molar-refractivity contribution in [1.29, 1.82) is 0 Å². The van der Waals surface area contributed by atoms with Gasteiger partial charge < -0.3 is 10.2 Å². The topological polar surface area (TPSA) is 40.5 Å². The molecule has 2 nitrogen and oxygen atoms in total. The summed E-state index contributed by atoms with van der Waals surface area (Å²) in [4.78, 5) is 0. The van der Waals surface area contributed by atoms with E-state index >= 15 is 0 Å². The van der Waals surface area contributed by atoms with Gasteiger partial charge in [-0.15, -0.1) is 0 Å². The molecule has 1 aromatic rings. The van der Waals surface area contributed by atoms with E-state index in [1.165, 1.54) is 0 Å². The fraction of sp³-hybridized carbons (Fsp3) is 0.250. The lowest BCUT2D eigenvalue weighted by Gasteiger charge is -2.05. The molecule has 0 aromatic heterocycles. The van der Waals surface area contributed by atoms with E-state index in [-0.39, 0.29) is 0 Å². The molecule has 60 valence electrons. The van der Waals surface area contributed by atoms with Crippen molar-refractivity contribution < 1.29 is 10.2 Å². The van der Waals surface area contributed by atoms with Crippen LogP contribution in [0, 0.1) is 6.92 Å². The zero-order chi connectivity index (χ0) is 8.43. The van der Waals surface area contributed by atoms with Crippen LogP contribution in [-0.4, -0.2) is 10.2 Å². The third kappa shape index (κ3) is 2.02. The maximum atomic E-state index is 8.78. The number of aliphatic hydroxyl groups is 2. The van der Waals surface area contributed by atoms with E-state index in [1.54, 1.807) is 18.2 Å². The average Bonchev–Trinajstić information content (AvgIpc) is 1.94. The van der Waals surface area contributed by atoms with Gasteiger partial charge in [-0.25, -0.2) is 0 Å². The third-order valence-corrected chi connectivity index (χ3v) is 2.37. The van der Waals surface area contributed by atoms with Crippen molar-refractivity contribution in [3.8, 4) is 0 Å². The summed E-state index contributed by atoms with van der Waals surface area (Å²) >= 11 is 3.32. The highest BCUT2D eigenvalue weighted by Gasteiger charge is 2.02. The van der Waals surface area contributed by atoms with Crippen LogP contribution < -0.4 is 0 Å². The van der Waals surface area contributed by atoms with Gasteiger partial charge in [0, 0.05) is 10.0 Å². The smallest absolute Gasteiger partial charge is 0.178 e. The normalized spacial score (nSPS) is 10.6. The Morgan fingerprint density at radius 2 is 2.00 bits per heavy atom. The molecule has 0 saturated carbocycles. The van der Waals surface area contributed by atoms with Crippen molar-refractivity contribution in [2.24, 2.45) is 0 Å². The van der Waals surface area contributed by atoms with E-state index in [9.17, 15) is 0 Å². The van der Waals surface area contributed by atoms with Gasteiger partial charge in [0.05, 0.1) is 0 Å². The van der Waals surface area contributed by atoms with Crippen molar-refractivity contribution in [1.82, 2.24) is 0 Å². The fourth-order valence-electron chi connectivity index (χ4n) is 0.828. The van der Waals surface area contributed by atoms with E-state index < -0.39 is 6.29 Å². The molecule has 0 saturated heterocycles. The van der Waals surface area contributed by atoms with Crippen molar-refractivity contribution in [2.75, 3.05) is 0 Å². The van der Waals surface area contributed by atoms with Crippen LogP contribution >= 0.6 is 15.9 Å². The molecule has 0 atom stereocenters. The lowest BCUT2D eigenvalue weighted by molar-refractivity contribution is -0.0425. The monoisotopic (exact) mass is 216 g/mol. The molecule has 0 unspecified atom stereocenters. The van der Waals surface area contributed by atoms with Crippen molar-refractivity contribution in [2.45, 2.75) is 13.2 Å². The van der Waals surface area contributed by atoms with Crippen LogP contribution in [0.3, 0.4) is 0 Å². The second-order valence-corrected chi connectivity index (χ2v) is 3.24. The van der Waals surface area contributed by atoms with E-state index in [2.05, 4.69) is 15.9 Å². The molecule has 0 heterocycles. The molecule has 11 heavy (non-hydrogen) atoms. The average molecular weight is 217 g/mol. The minimum Gasteiger partial charge on any atom is -0.364 e. The molecule has 2 N–H and O–H groups in total.